The Bertz CT molecular complexity index is 696. The van der Waals surface area contributed by atoms with E-state index in [-0.39, 0.29) is 11.5 Å². The molecule has 120 valence electrons. The predicted molar refractivity (Wildman–Crippen MR) is 92.7 cm³/mol. The van der Waals surface area contributed by atoms with Gasteiger partial charge in [-0.05, 0) is 41.0 Å². The van der Waals surface area contributed by atoms with Crippen molar-refractivity contribution in [2.75, 3.05) is 0 Å². The van der Waals surface area contributed by atoms with E-state index in [4.69, 9.17) is 0 Å². The van der Waals surface area contributed by atoms with Crippen molar-refractivity contribution in [2.45, 2.75) is 45.1 Å². The summed E-state index contributed by atoms with van der Waals surface area (Å²) in [4.78, 5) is 1.34. The van der Waals surface area contributed by atoms with Crippen molar-refractivity contribution in [3.05, 3.63) is 52.2 Å². The maximum atomic E-state index is 12.7. The summed E-state index contributed by atoms with van der Waals surface area (Å²) in [5.74, 6) is 0. The average Bonchev–Trinajstić information content (AvgIpc) is 2.97. The second kappa shape index (κ2) is 6.52. The molecule has 1 heterocycles. The Morgan fingerprint density at radius 1 is 1.14 bits per heavy atom. The number of sulfonamides is 1. The highest BCUT2D eigenvalue weighted by Crippen LogP contribution is 2.36. The number of hydrogen-bond acceptors (Lipinski definition) is 3. The number of rotatable bonds is 5. The van der Waals surface area contributed by atoms with Crippen LogP contribution in [-0.2, 0) is 16.4 Å². The van der Waals surface area contributed by atoms with Crippen molar-refractivity contribution in [1.29, 1.82) is 0 Å². The van der Waals surface area contributed by atoms with Gasteiger partial charge in [0.15, 0.2) is 0 Å². The molecule has 1 aromatic heterocycles. The first kappa shape index (κ1) is 17.2. The third-order valence-corrected chi connectivity index (χ3v) is 5.98. The van der Waals surface area contributed by atoms with Crippen molar-refractivity contribution in [3.8, 4) is 0 Å². The molecule has 5 heteroatoms. The Balaban J connectivity index is 2.32. The lowest BCUT2D eigenvalue weighted by Gasteiger charge is -2.30. The summed E-state index contributed by atoms with van der Waals surface area (Å²) in [6, 6.07) is 10.8. The van der Waals surface area contributed by atoms with Crippen LogP contribution in [0.3, 0.4) is 0 Å². The van der Waals surface area contributed by atoms with E-state index in [1.54, 1.807) is 23.5 Å². The van der Waals surface area contributed by atoms with Gasteiger partial charge in [-0.15, -0.1) is 11.3 Å². The van der Waals surface area contributed by atoms with Crippen molar-refractivity contribution >= 4 is 21.4 Å². The quantitative estimate of drug-likeness (QED) is 0.880. The molecule has 1 aromatic carbocycles. The normalized spacial score (nSPS) is 14.0. The Labute approximate surface area is 137 Å². The molecule has 0 spiro atoms. The summed E-state index contributed by atoms with van der Waals surface area (Å²) in [6.07, 6.45) is 0.896. The zero-order chi connectivity index (χ0) is 16.4. The van der Waals surface area contributed by atoms with Gasteiger partial charge >= 0.3 is 0 Å². The van der Waals surface area contributed by atoms with Gasteiger partial charge in [0.2, 0.25) is 10.0 Å². The van der Waals surface area contributed by atoms with Gasteiger partial charge in [0.1, 0.15) is 0 Å². The zero-order valence-corrected chi connectivity index (χ0v) is 15.1. The second-order valence-electron chi connectivity index (χ2n) is 6.43. The van der Waals surface area contributed by atoms with Gasteiger partial charge in [0, 0.05) is 4.88 Å². The molecule has 0 bridgehead atoms. The summed E-state index contributed by atoms with van der Waals surface area (Å²) in [5, 5.41) is 1.97. The van der Waals surface area contributed by atoms with Crippen molar-refractivity contribution < 1.29 is 8.42 Å². The Kier molecular flexibility index (Phi) is 5.10. The fourth-order valence-corrected chi connectivity index (χ4v) is 4.76. The van der Waals surface area contributed by atoms with Crippen LogP contribution in [0.5, 0.6) is 0 Å². The van der Waals surface area contributed by atoms with E-state index in [2.05, 4.69) is 4.72 Å². The fourth-order valence-electron chi connectivity index (χ4n) is 2.24. The van der Waals surface area contributed by atoms with E-state index in [0.29, 0.717) is 4.90 Å². The zero-order valence-electron chi connectivity index (χ0n) is 13.5. The summed E-state index contributed by atoms with van der Waals surface area (Å²) in [7, 11) is -3.54. The molecule has 0 aliphatic heterocycles. The molecule has 0 unspecified atom stereocenters. The number of thiophene rings is 1. The van der Waals surface area contributed by atoms with Crippen LogP contribution in [-0.4, -0.2) is 8.42 Å². The van der Waals surface area contributed by atoms with Crippen molar-refractivity contribution in [3.63, 3.8) is 0 Å². The average molecular weight is 338 g/mol. The van der Waals surface area contributed by atoms with Crippen LogP contribution in [0.2, 0.25) is 0 Å². The Morgan fingerprint density at radius 2 is 1.77 bits per heavy atom. The largest absolute Gasteiger partial charge is 0.241 e. The lowest BCUT2D eigenvalue weighted by atomic mass is 9.86. The van der Waals surface area contributed by atoms with Crippen LogP contribution in [0.1, 0.15) is 44.2 Å². The van der Waals surface area contributed by atoms with Gasteiger partial charge < -0.3 is 0 Å². The van der Waals surface area contributed by atoms with Gasteiger partial charge in [-0.1, -0.05) is 45.9 Å². The molecule has 0 aliphatic rings. The summed E-state index contributed by atoms with van der Waals surface area (Å²) in [5.41, 5.74) is 0.922. The molecule has 0 saturated heterocycles. The molecule has 0 aliphatic carbocycles. The summed E-state index contributed by atoms with van der Waals surface area (Å²) in [6.45, 7) is 8.18. The van der Waals surface area contributed by atoms with E-state index < -0.39 is 10.0 Å². The minimum atomic E-state index is -3.54. The highest BCUT2D eigenvalue weighted by molar-refractivity contribution is 7.89. The molecule has 1 N–H and O–H groups in total. The minimum Gasteiger partial charge on any atom is -0.207 e. The van der Waals surface area contributed by atoms with Crippen LogP contribution in [0.4, 0.5) is 0 Å². The molecule has 1 atom stereocenters. The van der Waals surface area contributed by atoms with E-state index in [1.807, 2.05) is 57.3 Å². The standard InChI is InChI=1S/C17H23NO2S2/c1-5-13-8-10-14(11-9-13)22(19,20)18-16(17(2,3)4)15-7-6-12-21-15/h6-12,16,18H,5H2,1-4H3/t16-/m1/s1. The van der Waals surface area contributed by atoms with Crippen LogP contribution >= 0.6 is 11.3 Å². The van der Waals surface area contributed by atoms with E-state index in [1.165, 1.54) is 0 Å². The van der Waals surface area contributed by atoms with Crippen LogP contribution in [0, 0.1) is 5.41 Å². The molecule has 0 fully saturated rings. The van der Waals surface area contributed by atoms with Gasteiger partial charge in [-0.2, -0.15) is 0 Å². The van der Waals surface area contributed by atoms with Gasteiger partial charge in [-0.3, -0.25) is 0 Å². The Morgan fingerprint density at radius 3 is 2.23 bits per heavy atom. The summed E-state index contributed by atoms with van der Waals surface area (Å²) >= 11 is 1.57. The predicted octanol–water partition coefficient (Wildman–Crippen LogP) is 4.38. The lowest BCUT2D eigenvalue weighted by Crippen LogP contribution is -2.36. The van der Waals surface area contributed by atoms with E-state index in [0.717, 1.165) is 16.9 Å². The van der Waals surface area contributed by atoms with Crippen molar-refractivity contribution in [2.24, 2.45) is 5.41 Å². The molecule has 2 aromatic rings. The first-order valence-corrected chi connectivity index (χ1v) is 9.75. The topological polar surface area (TPSA) is 46.2 Å². The van der Waals surface area contributed by atoms with Crippen LogP contribution < -0.4 is 4.72 Å². The van der Waals surface area contributed by atoms with Gasteiger partial charge in [-0.25, -0.2) is 13.1 Å². The number of aryl methyl sites for hydroxylation is 1. The maximum absolute atomic E-state index is 12.7. The highest BCUT2D eigenvalue weighted by atomic mass is 32.2. The molecule has 0 radical (unpaired) electrons. The number of benzene rings is 1. The van der Waals surface area contributed by atoms with Crippen LogP contribution in [0.15, 0.2) is 46.7 Å². The first-order valence-electron chi connectivity index (χ1n) is 7.38. The summed E-state index contributed by atoms with van der Waals surface area (Å²) < 4.78 is 28.2. The van der Waals surface area contributed by atoms with Gasteiger partial charge in [0.05, 0.1) is 10.9 Å². The number of nitrogens with one attached hydrogen (secondary N) is 1. The Hall–Kier alpha value is -1.17. The molecule has 0 saturated carbocycles. The van der Waals surface area contributed by atoms with E-state index >= 15 is 0 Å². The number of hydrogen-bond donors (Lipinski definition) is 1. The second-order valence-corrected chi connectivity index (χ2v) is 9.13. The molecular formula is C17H23NO2S2. The third-order valence-electron chi connectivity index (χ3n) is 3.61. The SMILES string of the molecule is CCc1ccc(S(=O)(=O)N[C@H](c2cccs2)C(C)(C)C)cc1. The minimum absolute atomic E-state index is 0.207. The lowest BCUT2D eigenvalue weighted by molar-refractivity contribution is 0.308. The maximum Gasteiger partial charge on any atom is 0.241 e. The van der Waals surface area contributed by atoms with E-state index in [9.17, 15) is 8.42 Å². The van der Waals surface area contributed by atoms with Crippen LogP contribution in [0.25, 0.3) is 0 Å². The smallest absolute Gasteiger partial charge is 0.207 e. The molecule has 0 amide bonds. The molecular weight excluding hydrogens is 314 g/mol. The van der Waals surface area contributed by atoms with Crippen molar-refractivity contribution in [1.82, 2.24) is 4.72 Å². The van der Waals surface area contributed by atoms with Gasteiger partial charge in [0.25, 0.3) is 0 Å². The first-order chi connectivity index (χ1) is 10.2. The monoisotopic (exact) mass is 337 g/mol. The molecule has 3 nitrogen and oxygen atoms in total. The molecule has 2 rings (SSSR count). The highest BCUT2D eigenvalue weighted by Gasteiger charge is 2.31. The molecule has 22 heavy (non-hydrogen) atoms. The fraction of sp³-hybridized carbons (Fsp3) is 0.412. The third kappa shape index (κ3) is 3.97.